The van der Waals surface area contributed by atoms with Crippen molar-refractivity contribution in [3.8, 4) is 11.5 Å². The Kier molecular flexibility index (Phi) is 3.89. The van der Waals surface area contributed by atoms with E-state index in [4.69, 9.17) is 4.74 Å². The van der Waals surface area contributed by atoms with Crippen LogP contribution in [0.25, 0.3) is 66.1 Å². The van der Waals surface area contributed by atoms with Crippen LogP contribution in [0.15, 0.2) is 102 Å². The van der Waals surface area contributed by atoms with Gasteiger partial charge in [0.1, 0.15) is 11.5 Å². The number of aromatic nitrogens is 1. The van der Waals surface area contributed by atoms with Crippen LogP contribution in [0, 0.1) is 6.92 Å². The third-order valence-electron chi connectivity index (χ3n) is 7.73. The Balaban J connectivity index is 1.77. The van der Waals surface area contributed by atoms with Crippen LogP contribution in [0.1, 0.15) is 5.56 Å². The molecule has 0 aliphatic rings. The van der Waals surface area contributed by atoms with Gasteiger partial charge in [-0.25, -0.2) is 0 Å². The maximum Gasteiger partial charge on any atom is 0.256 e. The summed E-state index contributed by atoms with van der Waals surface area (Å²) in [6.45, 7) is 6.66. The van der Waals surface area contributed by atoms with Crippen LogP contribution in [0.3, 0.4) is 0 Å². The van der Waals surface area contributed by atoms with Crippen LogP contribution in [-0.4, -0.2) is 4.40 Å². The van der Waals surface area contributed by atoms with Gasteiger partial charge in [-0.1, -0.05) is 78.9 Å². The first kappa shape index (κ1) is 20.3. The number of nitrogens with zero attached hydrogens (tertiary/aromatic N) is 1. The Morgan fingerprint density at radius 2 is 1.38 bits per heavy atom. The number of benzene rings is 6. The van der Waals surface area contributed by atoms with E-state index in [0.29, 0.717) is 0 Å². The molecule has 0 aliphatic heterocycles. The van der Waals surface area contributed by atoms with Crippen molar-refractivity contribution in [2.24, 2.45) is 0 Å². The van der Waals surface area contributed by atoms with E-state index in [2.05, 4.69) is 62.0 Å². The normalized spacial score (nSPS) is 12.1. The molecule has 37 heavy (non-hydrogen) atoms. The Hall–Kier alpha value is -4.89. The molecule has 2 aromatic heterocycles. The average Bonchev–Trinajstić information content (AvgIpc) is 2.93. The van der Waals surface area contributed by atoms with Gasteiger partial charge in [-0.05, 0) is 58.0 Å². The van der Waals surface area contributed by atoms with Gasteiger partial charge < -0.3 is 4.74 Å². The molecule has 174 valence electrons. The van der Waals surface area contributed by atoms with E-state index in [0.717, 1.165) is 81.8 Å². The number of hydrogen-bond acceptors (Lipinski definition) is 2. The van der Waals surface area contributed by atoms with Gasteiger partial charge in [0.25, 0.3) is 5.56 Å². The molecule has 0 saturated carbocycles. The van der Waals surface area contributed by atoms with E-state index in [9.17, 15) is 4.79 Å². The monoisotopic (exact) mass is 475 g/mol. The molecule has 2 heterocycles. The lowest BCUT2D eigenvalue weighted by molar-refractivity contribution is 0.494. The minimum Gasteiger partial charge on any atom is -0.456 e. The van der Waals surface area contributed by atoms with E-state index in [-0.39, 0.29) is 5.56 Å². The number of para-hydroxylation sites is 1. The van der Waals surface area contributed by atoms with E-state index < -0.39 is 0 Å². The van der Waals surface area contributed by atoms with Crippen LogP contribution in [-0.2, 0) is 0 Å². The lowest BCUT2D eigenvalue weighted by Crippen LogP contribution is -2.17. The fraction of sp³-hybridized carbons (Fsp3) is 0.0294. The maximum absolute atomic E-state index is 13.9. The van der Waals surface area contributed by atoms with Crippen molar-refractivity contribution in [1.29, 1.82) is 0 Å². The largest absolute Gasteiger partial charge is 0.456 e. The smallest absolute Gasteiger partial charge is 0.256 e. The molecular weight excluding hydrogens is 454 g/mol. The second-order valence-corrected chi connectivity index (χ2v) is 9.85. The molecule has 0 spiro atoms. The van der Waals surface area contributed by atoms with Crippen molar-refractivity contribution in [2.45, 2.75) is 6.92 Å². The predicted molar refractivity (Wildman–Crippen MR) is 154 cm³/mol. The van der Waals surface area contributed by atoms with Gasteiger partial charge in [0.2, 0.25) is 0 Å². The second-order valence-electron chi connectivity index (χ2n) is 9.85. The standard InChI is InChI=1S/C34H21NO2/c1-19-15-16-28-26(17-19)24-13-8-14-25-31(24)33-32-27(18-29(36)35(28)33)23-12-7-6-11-22(23)20(2)30(32)34(25)37-21-9-4-3-5-10-21/h3-18H,2H2,1H3. The summed E-state index contributed by atoms with van der Waals surface area (Å²) in [6.07, 6.45) is 0. The average molecular weight is 476 g/mol. The lowest BCUT2D eigenvalue weighted by atomic mass is 9.89. The van der Waals surface area contributed by atoms with Gasteiger partial charge in [0.05, 0.1) is 11.0 Å². The first-order valence-electron chi connectivity index (χ1n) is 12.4. The summed E-state index contributed by atoms with van der Waals surface area (Å²) < 4.78 is 8.60. The van der Waals surface area contributed by atoms with Crippen molar-refractivity contribution >= 4 is 66.1 Å². The van der Waals surface area contributed by atoms with Crippen molar-refractivity contribution in [3.63, 3.8) is 0 Å². The molecule has 0 unspecified atom stereocenters. The van der Waals surface area contributed by atoms with Crippen molar-refractivity contribution < 1.29 is 4.74 Å². The molecule has 8 rings (SSSR count). The Morgan fingerprint density at radius 1 is 0.649 bits per heavy atom. The van der Waals surface area contributed by atoms with E-state index in [1.165, 1.54) is 0 Å². The maximum atomic E-state index is 13.9. The lowest BCUT2D eigenvalue weighted by Gasteiger charge is -2.22. The molecule has 0 amide bonds. The topological polar surface area (TPSA) is 30.7 Å². The number of ether oxygens (including phenoxy) is 1. The molecule has 3 nitrogen and oxygen atoms in total. The second kappa shape index (κ2) is 7.08. The van der Waals surface area contributed by atoms with Crippen molar-refractivity contribution in [2.75, 3.05) is 0 Å². The molecule has 0 bridgehead atoms. The predicted octanol–water partition coefficient (Wildman–Crippen LogP) is 7.73. The van der Waals surface area contributed by atoms with Crippen molar-refractivity contribution in [3.05, 3.63) is 118 Å². The van der Waals surface area contributed by atoms with E-state index in [1.807, 2.05) is 46.9 Å². The highest BCUT2D eigenvalue weighted by molar-refractivity contribution is 6.34. The first-order valence-corrected chi connectivity index (χ1v) is 12.4. The minimum absolute atomic E-state index is 0.0339. The highest BCUT2D eigenvalue weighted by Crippen LogP contribution is 2.46. The van der Waals surface area contributed by atoms with Gasteiger partial charge >= 0.3 is 0 Å². The number of fused-ring (bicyclic) bond motifs is 5. The summed E-state index contributed by atoms with van der Waals surface area (Å²) in [5, 5.41) is 10.0. The van der Waals surface area contributed by atoms with Gasteiger partial charge in [-0.3, -0.25) is 9.20 Å². The summed E-state index contributed by atoms with van der Waals surface area (Å²) in [5.74, 6) is 1.54. The van der Waals surface area contributed by atoms with Crippen molar-refractivity contribution in [1.82, 2.24) is 4.40 Å². The number of pyridine rings is 2. The molecule has 0 fully saturated rings. The minimum atomic E-state index is -0.0339. The fourth-order valence-electron chi connectivity index (χ4n) is 6.20. The molecule has 0 atom stereocenters. The van der Waals surface area contributed by atoms with Crippen LogP contribution in [0.4, 0.5) is 0 Å². The molecule has 0 radical (unpaired) electrons. The number of rotatable bonds is 2. The quantitative estimate of drug-likeness (QED) is 0.189. The molecule has 6 aromatic carbocycles. The van der Waals surface area contributed by atoms with Crippen LogP contribution >= 0.6 is 0 Å². The van der Waals surface area contributed by atoms with Crippen LogP contribution in [0.2, 0.25) is 0 Å². The van der Waals surface area contributed by atoms with Gasteiger partial charge in [0, 0.05) is 33.0 Å². The van der Waals surface area contributed by atoms with Crippen LogP contribution in [0.5, 0.6) is 11.5 Å². The summed E-state index contributed by atoms with van der Waals surface area (Å²) in [4.78, 5) is 13.9. The molecule has 0 aliphatic carbocycles. The SMILES string of the molecule is C=c1c2ccccc2c2cc(=O)n3c4ccc(C)cc4c4cccc5c(Oc6ccccc6)c1c2c3c54. The number of aryl methyl sites for hydroxylation is 1. The third kappa shape index (κ3) is 2.58. The molecule has 8 aromatic rings. The van der Waals surface area contributed by atoms with E-state index in [1.54, 1.807) is 6.07 Å². The fourth-order valence-corrected chi connectivity index (χ4v) is 6.20. The zero-order chi connectivity index (χ0) is 24.8. The Morgan fingerprint density at radius 3 is 2.22 bits per heavy atom. The summed E-state index contributed by atoms with van der Waals surface area (Å²) >= 11 is 0. The van der Waals surface area contributed by atoms with E-state index >= 15 is 0 Å². The molecular formula is C34H21NO2. The van der Waals surface area contributed by atoms with Gasteiger partial charge in [0.15, 0.2) is 0 Å². The molecule has 0 N–H and O–H groups in total. The Bertz CT molecular complexity index is 2310. The zero-order valence-corrected chi connectivity index (χ0v) is 20.2. The van der Waals surface area contributed by atoms with Gasteiger partial charge in [-0.15, -0.1) is 0 Å². The summed E-state index contributed by atoms with van der Waals surface area (Å²) in [7, 11) is 0. The zero-order valence-electron chi connectivity index (χ0n) is 20.2. The number of hydrogen-bond donors (Lipinski definition) is 0. The summed E-state index contributed by atoms with van der Waals surface area (Å²) in [6, 6.07) is 32.5. The molecule has 0 saturated heterocycles. The summed E-state index contributed by atoms with van der Waals surface area (Å²) in [5.41, 5.74) is 2.96. The first-order chi connectivity index (χ1) is 18.1. The molecule has 3 heteroatoms. The van der Waals surface area contributed by atoms with Gasteiger partial charge in [-0.2, -0.15) is 0 Å². The van der Waals surface area contributed by atoms with Crippen LogP contribution < -0.4 is 15.5 Å². The highest BCUT2D eigenvalue weighted by Gasteiger charge is 2.24. The highest BCUT2D eigenvalue weighted by atomic mass is 16.5. The Labute approximate surface area is 211 Å². The third-order valence-corrected chi connectivity index (χ3v) is 7.73.